The van der Waals surface area contributed by atoms with E-state index in [0.29, 0.717) is 12.8 Å². The van der Waals surface area contributed by atoms with Gasteiger partial charge in [0.2, 0.25) is 5.91 Å². The lowest BCUT2D eigenvalue weighted by Crippen LogP contribution is -2.53. The second kappa shape index (κ2) is 8.77. The van der Waals surface area contributed by atoms with Crippen LogP contribution in [0.25, 0.3) is 11.1 Å². The molecular formula is C23H24N2O6. The molecule has 0 saturated heterocycles. The molecule has 162 valence electrons. The number of ether oxygens (including phenoxy) is 1. The first kappa shape index (κ1) is 20.9. The highest BCUT2D eigenvalue weighted by Crippen LogP contribution is 2.44. The SMILES string of the molecule is O=C(NC1CC(C(=O)NC(CO)C(=O)O)C1)OCC1c2ccccc2-c2ccccc21. The smallest absolute Gasteiger partial charge is 0.407 e. The fourth-order valence-corrected chi connectivity index (χ4v) is 4.23. The molecule has 0 bridgehead atoms. The quantitative estimate of drug-likeness (QED) is 0.538. The number of amides is 2. The average molecular weight is 424 g/mol. The van der Waals surface area contributed by atoms with E-state index < -0.39 is 36.5 Å². The maximum absolute atomic E-state index is 12.3. The minimum Gasteiger partial charge on any atom is -0.480 e. The zero-order chi connectivity index (χ0) is 22.0. The number of aliphatic hydroxyl groups excluding tert-OH is 1. The number of hydrogen-bond acceptors (Lipinski definition) is 5. The highest BCUT2D eigenvalue weighted by molar-refractivity contribution is 5.86. The second-order valence-electron chi connectivity index (χ2n) is 7.92. The van der Waals surface area contributed by atoms with E-state index in [4.69, 9.17) is 14.9 Å². The Kier molecular flexibility index (Phi) is 5.90. The van der Waals surface area contributed by atoms with E-state index in [2.05, 4.69) is 22.8 Å². The number of carbonyl (C=O) groups is 3. The molecule has 4 N–H and O–H groups in total. The van der Waals surface area contributed by atoms with E-state index in [9.17, 15) is 14.4 Å². The first-order chi connectivity index (χ1) is 15.0. The molecule has 0 aliphatic heterocycles. The molecule has 1 atom stereocenters. The van der Waals surface area contributed by atoms with Crippen molar-refractivity contribution in [3.05, 3.63) is 59.7 Å². The molecule has 1 fully saturated rings. The van der Waals surface area contributed by atoms with Crippen LogP contribution in [0.4, 0.5) is 4.79 Å². The van der Waals surface area contributed by atoms with Gasteiger partial charge in [0, 0.05) is 17.9 Å². The van der Waals surface area contributed by atoms with Gasteiger partial charge in [0.25, 0.3) is 0 Å². The van der Waals surface area contributed by atoms with Gasteiger partial charge in [-0.15, -0.1) is 0 Å². The predicted octanol–water partition coefficient (Wildman–Crippen LogP) is 1.87. The predicted molar refractivity (Wildman–Crippen MR) is 111 cm³/mol. The molecule has 0 radical (unpaired) electrons. The summed E-state index contributed by atoms with van der Waals surface area (Å²) in [6.07, 6.45) is 0.256. The van der Waals surface area contributed by atoms with Crippen molar-refractivity contribution in [2.75, 3.05) is 13.2 Å². The van der Waals surface area contributed by atoms with Gasteiger partial charge in [-0.2, -0.15) is 0 Å². The Morgan fingerprint density at radius 2 is 1.58 bits per heavy atom. The van der Waals surface area contributed by atoms with Crippen LogP contribution in [-0.4, -0.2) is 53.5 Å². The fourth-order valence-electron chi connectivity index (χ4n) is 4.23. The topological polar surface area (TPSA) is 125 Å². The third-order valence-electron chi connectivity index (χ3n) is 5.97. The summed E-state index contributed by atoms with van der Waals surface area (Å²) < 4.78 is 5.49. The Bertz CT molecular complexity index is 956. The van der Waals surface area contributed by atoms with Crippen molar-refractivity contribution in [3.8, 4) is 11.1 Å². The highest BCUT2D eigenvalue weighted by atomic mass is 16.5. The molecule has 8 nitrogen and oxygen atoms in total. The molecule has 2 aliphatic carbocycles. The number of carboxylic acid groups (broad SMARTS) is 1. The first-order valence-electron chi connectivity index (χ1n) is 10.2. The van der Waals surface area contributed by atoms with Crippen LogP contribution in [0.3, 0.4) is 0 Å². The number of aliphatic carboxylic acids is 1. The summed E-state index contributed by atoms with van der Waals surface area (Å²) in [7, 11) is 0. The third kappa shape index (κ3) is 4.25. The summed E-state index contributed by atoms with van der Waals surface area (Å²) in [5.41, 5.74) is 4.58. The standard InChI is InChI=1S/C23H24N2O6/c26-11-20(22(28)29)25-21(27)13-9-14(10-13)24-23(30)31-12-19-17-7-3-1-5-15(17)16-6-2-4-8-18(16)19/h1-8,13-14,19-20,26H,9-12H2,(H,24,30)(H,25,27)(H,28,29). The summed E-state index contributed by atoms with van der Waals surface area (Å²) >= 11 is 0. The summed E-state index contributed by atoms with van der Waals surface area (Å²) in [4.78, 5) is 35.2. The number of carboxylic acids is 1. The molecule has 31 heavy (non-hydrogen) atoms. The molecule has 4 rings (SSSR count). The van der Waals surface area contributed by atoms with Crippen LogP contribution in [0, 0.1) is 5.92 Å². The summed E-state index contributed by atoms with van der Waals surface area (Å²) in [5, 5.41) is 22.9. The van der Waals surface area contributed by atoms with E-state index in [-0.39, 0.29) is 18.6 Å². The van der Waals surface area contributed by atoms with Crippen molar-refractivity contribution in [1.82, 2.24) is 10.6 Å². The van der Waals surface area contributed by atoms with Crippen molar-refractivity contribution in [2.45, 2.75) is 30.8 Å². The number of hydrogen-bond donors (Lipinski definition) is 4. The van der Waals surface area contributed by atoms with Gasteiger partial charge in [-0.3, -0.25) is 4.79 Å². The van der Waals surface area contributed by atoms with Crippen LogP contribution in [0.15, 0.2) is 48.5 Å². The van der Waals surface area contributed by atoms with E-state index in [1.165, 1.54) is 0 Å². The minimum atomic E-state index is -1.32. The largest absolute Gasteiger partial charge is 0.480 e. The molecule has 2 aromatic rings. The number of carbonyl (C=O) groups excluding carboxylic acids is 2. The number of nitrogens with one attached hydrogen (secondary N) is 2. The van der Waals surface area contributed by atoms with Crippen LogP contribution in [-0.2, 0) is 14.3 Å². The van der Waals surface area contributed by atoms with Crippen LogP contribution < -0.4 is 10.6 Å². The summed E-state index contributed by atoms with van der Waals surface area (Å²) in [5.74, 6) is -2.15. The Labute approximate surface area is 179 Å². The van der Waals surface area contributed by atoms with Crippen molar-refractivity contribution < 1.29 is 29.3 Å². The van der Waals surface area contributed by atoms with Gasteiger partial charge in [-0.1, -0.05) is 48.5 Å². The van der Waals surface area contributed by atoms with Crippen molar-refractivity contribution >= 4 is 18.0 Å². The van der Waals surface area contributed by atoms with Gasteiger partial charge >= 0.3 is 12.1 Å². The normalized spacial score (nSPS) is 20.0. The number of benzene rings is 2. The second-order valence-corrected chi connectivity index (χ2v) is 7.92. The van der Waals surface area contributed by atoms with Gasteiger partial charge in [-0.05, 0) is 35.1 Å². The Morgan fingerprint density at radius 3 is 2.13 bits per heavy atom. The molecule has 2 aromatic carbocycles. The molecule has 2 amide bonds. The van der Waals surface area contributed by atoms with E-state index >= 15 is 0 Å². The molecular weight excluding hydrogens is 400 g/mol. The van der Waals surface area contributed by atoms with Crippen LogP contribution in [0.5, 0.6) is 0 Å². The number of rotatable bonds is 7. The summed E-state index contributed by atoms with van der Waals surface area (Å²) in [6.45, 7) is -0.456. The number of aliphatic hydroxyl groups is 1. The Balaban J connectivity index is 1.27. The number of fused-ring (bicyclic) bond motifs is 3. The van der Waals surface area contributed by atoms with Gasteiger partial charge in [0.15, 0.2) is 0 Å². The van der Waals surface area contributed by atoms with Crippen molar-refractivity contribution in [3.63, 3.8) is 0 Å². The number of alkyl carbamates (subject to hydrolysis) is 1. The first-order valence-corrected chi connectivity index (χ1v) is 10.2. The van der Waals surface area contributed by atoms with Crippen LogP contribution >= 0.6 is 0 Å². The lowest BCUT2D eigenvalue weighted by molar-refractivity contribution is -0.144. The van der Waals surface area contributed by atoms with Crippen LogP contribution in [0.1, 0.15) is 29.9 Å². The zero-order valence-corrected chi connectivity index (χ0v) is 16.8. The maximum Gasteiger partial charge on any atom is 0.407 e. The third-order valence-corrected chi connectivity index (χ3v) is 5.97. The van der Waals surface area contributed by atoms with E-state index in [1.807, 2.05) is 36.4 Å². The summed E-state index contributed by atoms with van der Waals surface area (Å²) in [6, 6.07) is 14.7. The molecule has 1 saturated carbocycles. The van der Waals surface area contributed by atoms with Gasteiger partial charge in [0.05, 0.1) is 6.61 Å². The molecule has 2 aliphatic rings. The molecule has 0 aromatic heterocycles. The van der Waals surface area contributed by atoms with Gasteiger partial charge in [-0.25, -0.2) is 9.59 Å². The van der Waals surface area contributed by atoms with E-state index in [1.54, 1.807) is 0 Å². The molecule has 8 heteroatoms. The highest BCUT2D eigenvalue weighted by Gasteiger charge is 2.37. The zero-order valence-electron chi connectivity index (χ0n) is 16.8. The van der Waals surface area contributed by atoms with Crippen LogP contribution in [0.2, 0.25) is 0 Å². The van der Waals surface area contributed by atoms with Gasteiger partial charge < -0.3 is 25.6 Å². The van der Waals surface area contributed by atoms with Crippen molar-refractivity contribution in [1.29, 1.82) is 0 Å². The van der Waals surface area contributed by atoms with Gasteiger partial charge in [0.1, 0.15) is 12.6 Å². The Morgan fingerprint density at radius 1 is 1.00 bits per heavy atom. The fraction of sp³-hybridized carbons (Fsp3) is 0.348. The lowest BCUT2D eigenvalue weighted by Gasteiger charge is -2.34. The monoisotopic (exact) mass is 424 g/mol. The lowest BCUT2D eigenvalue weighted by atomic mass is 9.79. The molecule has 0 heterocycles. The maximum atomic E-state index is 12.3. The molecule has 1 unspecified atom stereocenters. The van der Waals surface area contributed by atoms with E-state index in [0.717, 1.165) is 22.3 Å². The molecule has 0 spiro atoms. The Hall–Kier alpha value is -3.39. The minimum absolute atomic E-state index is 0.0236. The van der Waals surface area contributed by atoms with Crippen molar-refractivity contribution in [2.24, 2.45) is 5.92 Å². The average Bonchev–Trinajstić information content (AvgIpc) is 3.06.